The maximum absolute atomic E-state index is 6.23. The third-order valence-corrected chi connectivity index (χ3v) is 7.72. The number of hydrogen-bond donors (Lipinski definition) is 1. The summed E-state index contributed by atoms with van der Waals surface area (Å²) in [5, 5.41) is 4.68. The van der Waals surface area contributed by atoms with Gasteiger partial charge in [0.2, 0.25) is 0 Å². The first-order valence-corrected chi connectivity index (χ1v) is 12.3. The van der Waals surface area contributed by atoms with E-state index in [1.54, 1.807) is 17.7 Å². The number of nitrogens with one attached hydrogen (secondary N) is 1. The highest BCUT2D eigenvalue weighted by Crippen LogP contribution is 2.44. The first-order valence-electron chi connectivity index (χ1n) is 11.5. The zero-order valence-electron chi connectivity index (χ0n) is 18.6. The zero-order valence-corrected chi connectivity index (χ0v) is 19.5. The molecular weight excluding hydrogens is 426 g/mol. The number of anilines is 2. The molecule has 2 fully saturated rings. The fourth-order valence-corrected chi connectivity index (χ4v) is 6.09. The number of pyridine rings is 1. The molecule has 9 heteroatoms. The molecule has 0 amide bonds. The molecule has 32 heavy (non-hydrogen) atoms. The highest BCUT2D eigenvalue weighted by atomic mass is 32.1. The molecule has 6 rings (SSSR count). The van der Waals surface area contributed by atoms with E-state index in [1.165, 1.54) is 11.1 Å². The molecule has 6 heterocycles. The Morgan fingerprint density at radius 2 is 2.06 bits per heavy atom. The van der Waals surface area contributed by atoms with Crippen LogP contribution in [0.5, 0.6) is 0 Å². The summed E-state index contributed by atoms with van der Waals surface area (Å²) in [5.41, 5.74) is 3.30. The molecule has 3 aliphatic rings. The summed E-state index contributed by atoms with van der Waals surface area (Å²) in [7, 11) is 0. The topological polar surface area (TPSA) is 81.6 Å². The van der Waals surface area contributed by atoms with Crippen LogP contribution in [0.25, 0.3) is 20.4 Å². The predicted octanol–water partition coefficient (Wildman–Crippen LogP) is 3.52. The van der Waals surface area contributed by atoms with E-state index in [1.807, 2.05) is 0 Å². The number of hydrogen-bond acceptors (Lipinski definition) is 9. The van der Waals surface area contributed by atoms with E-state index in [0.29, 0.717) is 6.61 Å². The molecule has 0 saturated carbocycles. The minimum Gasteiger partial charge on any atom is -0.378 e. The van der Waals surface area contributed by atoms with Crippen molar-refractivity contribution in [2.45, 2.75) is 51.4 Å². The molecule has 3 aliphatic heterocycles. The van der Waals surface area contributed by atoms with E-state index in [9.17, 15) is 0 Å². The Kier molecular flexibility index (Phi) is 5.17. The second-order valence-electron chi connectivity index (χ2n) is 9.42. The van der Waals surface area contributed by atoms with Crippen LogP contribution in [0.3, 0.4) is 0 Å². The van der Waals surface area contributed by atoms with Crippen molar-refractivity contribution in [3.63, 3.8) is 0 Å². The van der Waals surface area contributed by atoms with Crippen LogP contribution in [0.2, 0.25) is 0 Å². The number of rotatable bonds is 4. The van der Waals surface area contributed by atoms with Gasteiger partial charge in [-0.3, -0.25) is 0 Å². The fraction of sp³-hybridized carbons (Fsp3) is 0.609. The van der Waals surface area contributed by atoms with Crippen molar-refractivity contribution in [3.8, 4) is 0 Å². The lowest BCUT2D eigenvalue weighted by Crippen LogP contribution is -2.39. The largest absolute Gasteiger partial charge is 0.378 e. The van der Waals surface area contributed by atoms with Crippen LogP contribution >= 0.6 is 11.3 Å². The molecule has 1 atom stereocenters. The number of thiophene rings is 1. The molecule has 2 saturated heterocycles. The van der Waals surface area contributed by atoms with E-state index in [2.05, 4.69) is 29.0 Å². The summed E-state index contributed by atoms with van der Waals surface area (Å²) in [6.45, 7) is 9.69. The second kappa shape index (κ2) is 8.06. The van der Waals surface area contributed by atoms with Gasteiger partial charge in [0, 0.05) is 43.6 Å². The zero-order chi connectivity index (χ0) is 21.7. The fourth-order valence-electron chi connectivity index (χ4n) is 4.97. The van der Waals surface area contributed by atoms with Gasteiger partial charge in [-0.2, -0.15) is 0 Å². The number of nitrogens with zero attached hydrogens (tertiary/aromatic N) is 4. The number of ether oxygens (including phenoxy) is 3. The SMILES string of the molecule is CC1(C)Cc2c(c(N3CCOCC3)nc3sc4c(NC[C@@H]5CCCO5)ncnc4c23)CO1. The van der Waals surface area contributed by atoms with Gasteiger partial charge in [-0.15, -0.1) is 11.3 Å². The van der Waals surface area contributed by atoms with Gasteiger partial charge in [-0.05, 0) is 32.3 Å². The third-order valence-electron chi connectivity index (χ3n) is 6.64. The van der Waals surface area contributed by atoms with Crippen LogP contribution in [0, 0.1) is 0 Å². The van der Waals surface area contributed by atoms with E-state index >= 15 is 0 Å². The molecule has 0 radical (unpaired) electrons. The van der Waals surface area contributed by atoms with Crippen LogP contribution in [0.4, 0.5) is 11.6 Å². The van der Waals surface area contributed by atoms with Gasteiger partial charge in [-0.1, -0.05) is 0 Å². The van der Waals surface area contributed by atoms with E-state index in [-0.39, 0.29) is 11.7 Å². The van der Waals surface area contributed by atoms with Crippen molar-refractivity contribution in [3.05, 3.63) is 17.5 Å². The summed E-state index contributed by atoms with van der Waals surface area (Å²) in [6.07, 6.45) is 4.99. The summed E-state index contributed by atoms with van der Waals surface area (Å²) in [5.74, 6) is 1.92. The first kappa shape index (κ1) is 20.5. The summed E-state index contributed by atoms with van der Waals surface area (Å²) >= 11 is 1.68. The van der Waals surface area contributed by atoms with Gasteiger partial charge in [0.05, 0.1) is 41.7 Å². The molecule has 3 aromatic rings. The molecule has 170 valence electrons. The maximum atomic E-state index is 6.23. The average Bonchev–Trinajstić information content (AvgIpc) is 3.45. The minimum absolute atomic E-state index is 0.217. The highest BCUT2D eigenvalue weighted by molar-refractivity contribution is 7.26. The van der Waals surface area contributed by atoms with Gasteiger partial charge < -0.3 is 24.4 Å². The minimum atomic E-state index is -0.217. The molecule has 3 aromatic heterocycles. The Morgan fingerprint density at radius 3 is 2.88 bits per heavy atom. The Hall–Kier alpha value is -2.07. The van der Waals surface area contributed by atoms with Crippen molar-refractivity contribution >= 4 is 43.4 Å². The van der Waals surface area contributed by atoms with Crippen LogP contribution in [-0.2, 0) is 27.2 Å². The van der Waals surface area contributed by atoms with Crippen molar-refractivity contribution in [2.24, 2.45) is 0 Å². The third kappa shape index (κ3) is 3.61. The van der Waals surface area contributed by atoms with Crippen LogP contribution in [-0.4, -0.2) is 66.1 Å². The van der Waals surface area contributed by atoms with Crippen LogP contribution in [0.15, 0.2) is 6.33 Å². The smallest absolute Gasteiger partial charge is 0.147 e. The van der Waals surface area contributed by atoms with E-state index < -0.39 is 0 Å². The molecule has 0 aromatic carbocycles. The monoisotopic (exact) mass is 455 g/mol. The van der Waals surface area contributed by atoms with Crippen LogP contribution in [0.1, 0.15) is 37.8 Å². The Bertz CT molecular complexity index is 1150. The molecule has 0 bridgehead atoms. The highest BCUT2D eigenvalue weighted by Gasteiger charge is 2.33. The molecule has 1 N–H and O–H groups in total. The van der Waals surface area contributed by atoms with Gasteiger partial charge in [0.15, 0.2) is 0 Å². The Morgan fingerprint density at radius 1 is 1.19 bits per heavy atom. The average molecular weight is 456 g/mol. The van der Waals surface area contributed by atoms with Crippen LogP contribution < -0.4 is 10.2 Å². The summed E-state index contributed by atoms with van der Waals surface area (Å²) in [4.78, 5) is 17.8. The number of morpholine rings is 1. The van der Waals surface area contributed by atoms with Crippen molar-refractivity contribution in [2.75, 3.05) is 49.7 Å². The predicted molar refractivity (Wildman–Crippen MR) is 126 cm³/mol. The standard InChI is InChI=1S/C23H29N5O3S/c1-23(2)10-15-16(12-31-23)21(28-5-8-29-9-6-28)27-22-17(15)18-19(32-22)20(26-13-25-18)24-11-14-4-3-7-30-14/h13-14H,3-12H2,1-2H3,(H,24,25,26)/t14-/m0/s1. The second-order valence-corrected chi connectivity index (χ2v) is 10.4. The van der Waals surface area contributed by atoms with Gasteiger partial charge in [0.25, 0.3) is 0 Å². The Labute approximate surface area is 191 Å². The molecule has 0 spiro atoms. The van der Waals surface area contributed by atoms with Gasteiger partial charge >= 0.3 is 0 Å². The van der Waals surface area contributed by atoms with Gasteiger partial charge in [-0.25, -0.2) is 15.0 Å². The quantitative estimate of drug-likeness (QED) is 0.640. The molecule has 0 aliphatic carbocycles. The van der Waals surface area contributed by atoms with Crippen molar-refractivity contribution in [1.82, 2.24) is 15.0 Å². The summed E-state index contributed by atoms with van der Waals surface area (Å²) < 4.78 is 18.7. The lowest BCUT2D eigenvalue weighted by molar-refractivity contribution is -0.0396. The number of fused-ring (bicyclic) bond motifs is 5. The molecule has 8 nitrogen and oxygen atoms in total. The van der Waals surface area contributed by atoms with Gasteiger partial charge in [0.1, 0.15) is 22.8 Å². The molecule has 0 unspecified atom stereocenters. The lowest BCUT2D eigenvalue weighted by atomic mass is 9.90. The first-order chi connectivity index (χ1) is 15.6. The van der Waals surface area contributed by atoms with E-state index in [0.717, 1.165) is 90.8 Å². The normalized spacial score (nSPS) is 23.1. The molecular formula is C23H29N5O3S. The Balaban J connectivity index is 1.49. The lowest BCUT2D eigenvalue weighted by Gasteiger charge is -2.36. The number of aromatic nitrogens is 3. The van der Waals surface area contributed by atoms with Crippen molar-refractivity contribution < 1.29 is 14.2 Å². The van der Waals surface area contributed by atoms with E-state index in [4.69, 9.17) is 24.2 Å². The maximum Gasteiger partial charge on any atom is 0.147 e. The van der Waals surface area contributed by atoms with Crippen molar-refractivity contribution in [1.29, 1.82) is 0 Å². The summed E-state index contributed by atoms with van der Waals surface area (Å²) in [6, 6.07) is 0.